The maximum atomic E-state index is 11.9. The third-order valence-corrected chi connectivity index (χ3v) is 3.80. The number of carbonyl (C=O) groups excluding carboxylic acids is 1. The number of rotatable bonds is 6. The lowest BCUT2D eigenvalue weighted by atomic mass is 10.2. The second-order valence-corrected chi connectivity index (χ2v) is 5.62. The van der Waals surface area contributed by atoms with Gasteiger partial charge in [0.05, 0.1) is 24.6 Å². The van der Waals surface area contributed by atoms with E-state index >= 15 is 0 Å². The zero-order valence-electron chi connectivity index (χ0n) is 13.5. The molecule has 1 atom stereocenters. The molecule has 0 aliphatic carbocycles. The Kier molecular flexibility index (Phi) is 7.24. The molecule has 0 radical (unpaired) electrons. The molecule has 1 fully saturated rings. The summed E-state index contributed by atoms with van der Waals surface area (Å²) in [5.74, 6) is 0.0514. The van der Waals surface area contributed by atoms with Gasteiger partial charge in [-0.05, 0) is 18.2 Å². The Bertz CT molecular complexity index is 627. The molecule has 0 saturated carbocycles. The summed E-state index contributed by atoms with van der Waals surface area (Å²) in [5, 5.41) is 10.7. The van der Waals surface area contributed by atoms with Crippen LogP contribution in [-0.4, -0.2) is 48.0 Å². The van der Waals surface area contributed by atoms with E-state index in [0.29, 0.717) is 19.6 Å². The monoisotopic (exact) mass is 350 g/mol. The van der Waals surface area contributed by atoms with Crippen molar-refractivity contribution in [2.45, 2.75) is 18.9 Å². The number of para-hydroxylation sites is 1. The van der Waals surface area contributed by atoms with Crippen LogP contribution in [0.3, 0.4) is 0 Å². The van der Waals surface area contributed by atoms with E-state index in [2.05, 4.69) is 15.7 Å². The number of amides is 1. The summed E-state index contributed by atoms with van der Waals surface area (Å²) in [6.45, 7) is 2.74. The summed E-state index contributed by atoms with van der Waals surface area (Å²) in [6, 6.07) is 12.1. The van der Waals surface area contributed by atoms with E-state index in [9.17, 15) is 4.79 Å². The van der Waals surface area contributed by atoms with Gasteiger partial charge in [0.25, 0.3) is 0 Å². The fourth-order valence-corrected chi connectivity index (χ4v) is 2.60. The Morgan fingerprint density at radius 1 is 1.33 bits per heavy atom. The first-order valence-corrected chi connectivity index (χ1v) is 7.99. The van der Waals surface area contributed by atoms with Crippen LogP contribution in [-0.2, 0) is 16.0 Å². The minimum absolute atomic E-state index is 0. The Morgan fingerprint density at radius 3 is 2.92 bits per heavy atom. The van der Waals surface area contributed by atoms with Crippen molar-refractivity contribution in [3.05, 3.63) is 48.3 Å². The maximum Gasteiger partial charge on any atom is 0.221 e. The van der Waals surface area contributed by atoms with Gasteiger partial charge in [-0.2, -0.15) is 5.10 Å². The molecular formula is C17H23ClN4O2. The van der Waals surface area contributed by atoms with Crippen LogP contribution in [0.2, 0.25) is 0 Å². The van der Waals surface area contributed by atoms with E-state index < -0.39 is 0 Å². The molecule has 1 unspecified atom stereocenters. The van der Waals surface area contributed by atoms with Crippen molar-refractivity contribution in [2.75, 3.05) is 26.3 Å². The third-order valence-electron chi connectivity index (χ3n) is 3.80. The van der Waals surface area contributed by atoms with Gasteiger partial charge in [0.15, 0.2) is 0 Å². The van der Waals surface area contributed by atoms with E-state index in [1.54, 1.807) is 0 Å². The topological polar surface area (TPSA) is 68.2 Å². The quantitative estimate of drug-likeness (QED) is 0.824. The zero-order chi connectivity index (χ0) is 15.9. The fourth-order valence-electron chi connectivity index (χ4n) is 2.60. The number of nitrogens with zero attached hydrogens (tertiary/aromatic N) is 2. The number of ether oxygens (including phenoxy) is 1. The number of benzene rings is 1. The third kappa shape index (κ3) is 5.33. The van der Waals surface area contributed by atoms with Gasteiger partial charge in [-0.25, -0.2) is 4.68 Å². The molecule has 1 amide bonds. The van der Waals surface area contributed by atoms with Crippen LogP contribution in [0.15, 0.2) is 42.6 Å². The van der Waals surface area contributed by atoms with Crippen molar-refractivity contribution in [1.29, 1.82) is 0 Å². The number of nitrogens with one attached hydrogen (secondary N) is 2. The second kappa shape index (κ2) is 9.42. The summed E-state index contributed by atoms with van der Waals surface area (Å²) in [7, 11) is 0. The average molecular weight is 351 g/mol. The predicted molar refractivity (Wildman–Crippen MR) is 94.8 cm³/mol. The highest BCUT2D eigenvalue weighted by molar-refractivity contribution is 5.85. The van der Waals surface area contributed by atoms with Crippen LogP contribution in [0.5, 0.6) is 0 Å². The first-order chi connectivity index (χ1) is 11.3. The zero-order valence-corrected chi connectivity index (χ0v) is 14.3. The molecule has 2 aromatic rings. The minimum atomic E-state index is 0. The molecule has 7 heteroatoms. The molecule has 0 spiro atoms. The van der Waals surface area contributed by atoms with Gasteiger partial charge >= 0.3 is 0 Å². The highest BCUT2D eigenvalue weighted by Crippen LogP contribution is 2.07. The summed E-state index contributed by atoms with van der Waals surface area (Å²) in [5.41, 5.74) is 2.00. The summed E-state index contributed by atoms with van der Waals surface area (Å²) in [6.07, 6.45) is 3.12. The molecule has 1 aliphatic heterocycles. The molecule has 0 bridgehead atoms. The molecule has 1 aromatic heterocycles. The molecule has 130 valence electrons. The molecular weight excluding hydrogens is 328 g/mol. The molecule has 1 aromatic carbocycles. The van der Waals surface area contributed by atoms with Crippen molar-refractivity contribution < 1.29 is 9.53 Å². The largest absolute Gasteiger partial charge is 0.378 e. The number of aromatic nitrogens is 2. The van der Waals surface area contributed by atoms with Crippen LogP contribution in [0, 0.1) is 0 Å². The lowest BCUT2D eigenvalue weighted by Crippen LogP contribution is -2.44. The SMILES string of the molecule is Cl.O=C(CC1COCCN1)NCCc1ccn(-c2ccccc2)n1. The Hall–Kier alpha value is -1.89. The van der Waals surface area contributed by atoms with Crippen molar-refractivity contribution in [3.8, 4) is 5.69 Å². The van der Waals surface area contributed by atoms with Crippen LogP contribution in [0.25, 0.3) is 5.69 Å². The fraction of sp³-hybridized carbons (Fsp3) is 0.412. The number of hydrogen-bond acceptors (Lipinski definition) is 4. The van der Waals surface area contributed by atoms with Gasteiger partial charge < -0.3 is 15.4 Å². The first-order valence-electron chi connectivity index (χ1n) is 7.99. The van der Waals surface area contributed by atoms with Crippen LogP contribution < -0.4 is 10.6 Å². The minimum Gasteiger partial charge on any atom is -0.378 e. The molecule has 2 heterocycles. The normalized spacial score (nSPS) is 17.1. The van der Waals surface area contributed by atoms with Crippen LogP contribution in [0.1, 0.15) is 12.1 Å². The first kappa shape index (κ1) is 18.4. The van der Waals surface area contributed by atoms with Gasteiger partial charge in [-0.3, -0.25) is 4.79 Å². The van der Waals surface area contributed by atoms with E-state index in [0.717, 1.165) is 31.0 Å². The predicted octanol–water partition coefficient (Wildman–Crippen LogP) is 1.33. The number of hydrogen-bond donors (Lipinski definition) is 2. The van der Waals surface area contributed by atoms with Crippen molar-refractivity contribution >= 4 is 18.3 Å². The average Bonchev–Trinajstić information content (AvgIpc) is 3.05. The van der Waals surface area contributed by atoms with Crippen molar-refractivity contribution in [3.63, 3.8) is 0 Å². The smallest absolute Gasteiger partial charge is 0.221 e. The van der Waals surface area contributed by atoms with Gasteiger partial charge in [0.2, 0.25) is 5.91 Å². The Labute approximate surface area is 148 Å². The molecule has 24 heavy (non-hydrogen) atoms. The standard InChI is InChI=1S/C17H22N4O2.ClH/c22-17(12-15-13-23-11-9-18-15)19-8-6-14-7-10-21(20-14)16-4-2-1-3-5-16;/h1-5,7,10,15,18H,6,8-9,11-13H2,(H,19,22);1H. The molecule has 1 saturated heterocycles. The van der Waals surface area contributed by atoms with E-state index in [1.807, 2.05) is 47.3 Å². The molecule has 1 aliphatic rings. The van der Waals surface area contributed by atoms with E-state index in [1.165, 1.54) is 0 Å². The number of halogens is 1. The summed E-state index contributed by atoms with van der Waals surface area (Å²) in [4.78, 5) is 11.9. The Morgan fingerprint density at radius 2 is 2.17 bits per heavy atom. The molecule has 6 nitrogen and oxygen atoms in total. The van der Waals surface area contributed by atoms with Crippen LogP contribution in [0.4, 0.5) is 0 Å². The van der Waals surface area contributed by atoms with Gasteiger partial charge in [0.1, 0.15) is 0 Å². The summed E-state index contributed by atoms with van der Waals surface area (Å²) < 4.78 is 7.19. The number of morpholine rings is 1. The van der Waals surface area contributed by atoms with Crippen molar-refractivity contribution in [1.82, 2.24) is 20.4 Å². The van der Waals surface area contributed by atoms with Crippen molar-refractivity contribution in [2.24, 2.45) is 0 Å². The van der Waals surface area contributed by atoms with E-state index in [4.69, 9.17) is 4.74 Å². The van der Waals surface area contributed by atoms with Crippen LogP contribution >= 0.6 is 12.4 Å². The summed E-state index contributed by atoms with van der Waals surface area (Å²) >= 11 is 0. The van der Waals surface area contributed by atoms with Gasteiger partial charge in [-0.15, -0.1) is 12.4 Å². The van der Waals surface area contributed by atoms with E-state index in [-0.39, 0.29) is 24.4 Å². The maximum absolute atomic E-state index is 11.9. The Balaban J connectivity index is 0.00000208. The molecule has 2 N–H and O–H groups in total. The highest BCUT2D eigenvalue weighted by Gasteiger charge is 2.16. The van der Waals surface area contributed by atoms with Gasteiger partial charge in [0, 0.05) is 38.2 Å². The second-order valence-electron chi connectivity index (χ2n) is 5.62. The van der Waals surface area contributed by atoms with Gasteiger partial charge in [-0.1, -0.05) is 18.2 Å². The lowest BCUT2D eigenvalue weighted by molar-refractivity contribution is -0.122. The highest BCUT2D eigenvalue weighted by atomic mass is 35.5. The molecule has 3 rings (SSSR count). The lowest BCUT2D eigenvalue weighted by Gasteiger charge is -2.23. The number of carbonyl (C=O) groups is 1.